The van der Waals surface area contributed by atoms with Gasteiger partial charge in [-0.2, -0.15) is 0 Å². The molecule has 4 fully saturated rings. The molecule has 3 saturated carbocycles. The van der Waals surface area contributed by atoms with Crippen LogP contribution in [-0.2, 0) is 11.2 Å². The van der Waals surface area contributed by atoms with E-state index in [4.69, 9.17) is 0 Å². The van der Waals surface area contributed by atoms with Gasteiger partial charge < -0.3 is 10.2 Å². The number of halogens is 1. The minimum absolute atomic E-state index is 0. The molecule has 4 aliphatic rings. The van der Waals surface area contributed by atoms with E-state index in [0.717, 1.165) is 49.7 Å². The molecule has 1 aromatic carbocycles. The van der Waals surface area contributed by atoms with Crippen LogP contribution in [0.1, 0.15) is 43.4 Å². The second-order valence-electron chi connectivity index (χ2n) is 8.36. The summed E-state index contributed by atoms with van der Waals surface area (Å²) in [4.78, 5) is 15.5. The van der Waals surface area contributed by atoms with Gasteiger partial charge in [0, 0.05) is 25.6 Å². The van der Waals surface area contributed by atoms with E-state index < -0.39 is 0 Å². The molecular weight excluding hydrogens is 332 g/mol. The van der Waals surface area contributed by atoms with Crippen LogP contribution in [0.15, 0.2) is 24.3 Å². The number of hydrogen-bond acceptors (Lipinski definition) is 2. The maximum absolute atomic E-state index is 13.3. The Morgan fingerprint density at radius 3 is 2.48 bits per heavy atom. The minimum atomic E-state index is 0. The smallest absolute Gasteiger partial charge is 0.226 e. The molecule has 4 heteroatoms. The van der Waals surface area contributed by atoms with Crippen LogP contribution in [0.4, 0.5) is 0 Å². The van der Waals surface area contributed by atoms with Crippen LogP contribution < -0.4 is 5.32 Å². The average molecular weight is 361 g/mol. The monoisotopic (exact) mass is 360 g/mol. The molecular formula is C21H29ClN2O. The second kappa shape index (κ2) is 6.59. The molecule has 2 bridgehead atoms. The van der Waals surface area contributed by atoms with Gasteiger partial charge in [-0.15, -0.1) is 12.4 Å². The van der Waals surface area contributed by atoms with Crippen molar-refractivity contribution >= 4 is 18.3 Å². The predicted octanol–water partition coefficient (Wildman–Crippen LogP) is 3.44. The van der Waals surface area contributed by atoms with Crippen molar-refractivity contribution in [3.8, 4) is 0 Å². The maximum atomic E-state index is 13.3. The molecule has 1 aliphatic heterocycles. The van der Waals surface area contributed by atoms with Gasteiger partial charge in [0.25, 0.3) is 0 Å². The normalized spacial score (nSPS) is 38.2. The third-order valence-corrected chi connectivity index (χ3v) is 7.32. The van der Waals surface area contributed by atoms with Crippen molar-refractivity contribution in [3.05, 3.63) is 35.4 Å². The average Bonchev–Trinajstić information content (AvgIpc) is 3.07. The number of rotatable bonds is 3. The number of nitrogens with zero attached hydrogens (tertiary/aromatic N) is 1. The Balaban J connectivity index is 0.00000157. The fourth-order valence-electron chi connectivity index (χ4n) is 6.09. The van der Waals surface area contributed by atoms with Crippen LogP contribution in [0.3, 0.4) is 0 Å². The Morgan fingerprint density at radius 1 is 1.16 bits per heavy atom. The van der Waals surface area contributed by atoms with Gasteiger partial charge in [0.2, 0.25) is 5.91 Å². The van der Waals surface area contributed by atoms with Crippen molar-refractivity contribution < 1.29 is 4.79 Å². The Morgan fingerprint density at radius 2 is 1.84 bits per heavy atom. The summed E-state index contributed by atoms with van der Waals surface area (Å²) < 4.78 is 0. The van der Waals surface area contributed by atoms with Gasteiger partial charge in [-0.25, -0.2) is 0 Å². The van der Waals surface area contributed by atoms with Crippen LogP contribution in [0, 0.1) is 29.6 Å². The molecule has 0 aromatic heterocycles. The quantitative estimate of drug-likeness (QED) is 0.895. The molecule has 1 aromatic rings. The highest BCUT2D eigenvalue weighted by Gasteiger charge is 2.68. The summed E-state index contributed by atoms with van der Waals surface area (Å²) in [6.45, 7) is 4.88. The SMILES string of the molecule is CCc1ccc(C2CNCCN2C(=O)C2C3C4CCC(C4)C23)cc1.Cl. The summed E-state index contributed by atoms with van der Waals surface area (Å²) in [6.07, 6.45) is 5.26. The largest absolute Gasteiger partial charge is 0.333 e. The Bertz CT molecular complexity index is 630. The molecule has 5 atom stereocenters. The molecule has 3 aliphatic carbocycles. The van der Waals surface area contributed by atoms with Crippen LogP contribution >= 0.6 is 12.4 Å². The van der Waals surface area contributed by atoms with Crippen LogP contribution in [-0.4, -0.2) is 30.4 Å². The van der Waals surface area contributed by atoms with E-state index in [1.165, 1.54) is 30.4 Å². The van der Waals surface area contributed by atoms with Crippen molar-refractivity contribution in [2.75, 3.05) is 19.6 Å². The highest BCUT2D eigenvalue weighted by atomic mass is 35.5. The zero-order valence-electron chi connectivity index (χ0n) is 15.0. The second-order valence-corrected chi connectivity index (χ2v) is 8.36. The summed E-state index contributed by atoms with van der Waals surface area (Å²) in [6, 6.07) is 9.12. The molecule has 1 N–H and O–H groups in total. The molecule has 5 unspecified atom stereocenters. The highest BCUT2D eigenvalue weighted by molar-refractivity contribution is 5.85. The molecule has 3 nitrogen and oxygen atoms in total. The molecule has 136 valence electrons. The number of aryl methyl sites for hydroxylation is 1. The number of nitrogens with one attached hydrogen (secondary N) is 1. The zero-order valence-corrected chi connectivity index (χ0v) is 15.8. The first-order chi connectivity index (χ1) is 11.8. The zero-order chi connectivity index (χ0) is 16.3. The van der Waals surface area contributed by atoms with Crippen LogP contribution in [0.2, 0.25) is 0 Å². The van der Waals surface area contributed by atoms with Gasteiger partial charge in [0.1, 0.15) is 0 Å². The Labute approximate surface area is 157 Å². The van der Waals surface area contributed by atoms with Crippen LogP contribution in [0.5, 0.6) is 0 Å². The first-order valence-corrected chi connectivity index (χ1v) is 9.88. The Hall–Kier alpha value is -1.06. The standard InChI is InChI=1S/C21H28N2O.ClH/c1-2-13-3-5-14(6-4-13)17-12-22-9-10-23(17)21(24)20-18-15-7-8-16(11-15)19(18)20;/h3-6,15-20,22H,2,7-12H2,1H3;1H. The van der Waals surface area contributed by atoms with E-state index >= 15 is 0 Å². The molecule has 1 amide bonds. The summed E-state index contributed by atoms with van der Waals surface area (Å²) in [5.74, 6) is 4.07. The van der Waals surface area contributed by atoms with Gasteiger partial charge in [0.15, 0.2) is 0 Å². The van der Waals surface area contributed by atoms with E-state index in [0.29, 0.717) is 11.8 Å². The minimum Gasteiger partial charge on any atom is -0.333 e. The van der Waals surface area contributed by atoms with Gasteiger partial charge in [-0.1, -0.05) is 31.2 Å². The van der Waals surface area contributed by atoms with Crippen molar-refractivity contribution in [1.29, 1.82) is 0 Å². The molecule has 1 heterocycles. The first-order valence-electron chi connectivity index (χ1n) is 9.88. The van der Waals surface area contributed by atoms with Crippen molar-refractivity contribution in [3.63, 3.8) is 0 Å². The Kier molecular flexibility index (Phi) is 4.57. The molecule has 5 rings (SSSR count). The van der Waals surface area contributed by atoms with E-state index in [1.807, 2.05) is 0 Å². The summed E-state index contributed by atoms with van der Waals surface area (Å²) >= 11 is 0. The maximum Gasteiger partial charge on any atom is 0.226 e. The lowest BCUT2D eigenvalue weighted by molar-refractivity contribution is -0.137. The number of piperazine rings is 1. The van der Waals surface area contributed by atoms with Crippen molar-refractivity contribution in [2.45, 2.75) is 38.6 Å². The third kappa shape index (κ3) is 2.71. The van der Waals surface area contributed by atoms with E-state index in [-0.39, 0.29) is 18.4 Å². The van der Waals surface area contributed by atoms with E-state index in [2.05, 4.69) is 41.4 Å². The third-order valence-electron chi connectivity index (χ3n) is 7.32. The highest BCUT2D eigenvalue weighted by Crippen LogP contribution is 2.69. The van der Waals surface area contributed by atoms with E-state index in [1.54, 1.807) is 0 Å². The summed E-state index contributed by atoms with van der Waals surface area (Å²) in [5.41, 5.74) is 2.66. The molecule has 0 spiro atoms. The number of carbonyl (C=O) groups excluding carboxylic acids is 1. The van der Waals surface area contributed by atoms with Crippen molar-refractivity contribution in [1.82, 2.24) is 10.2 Å². The molecule has 0 radical (unpaired) electrons. The summed E-state index contributed by atoms with van der Waals surface area (Å²) in [7, 11) is 0. The lowest BCUT2D eigenvalue weighted by atomic mass is 9.98. The number of benzene rings is 1. The molecule has 25 heavy (non-hydrogen) atoms. The lowest BCUT2D eigenvalue weighted by Gasteiger charge is -2.37. The number of fused-ring (bicyclic) bond motifs is 5. The van der Waals surface area contributed by atoms with Crippen molar-refractivity contribution in [2.24, 2.45) is 29.6 Å². The fourth-order valence-corrected chi connectivity index (χ4v) is 6.09. The van der Waals surface area contributed by atoms with Gasteiger partial charge in [-0.05, 0) is 60.5 Å². The predicted molar refractivity (Wildman–Crippen MR) is 102 cm³/mol. The van der Waals surface area contributed by atoms with Gasteiger partial charge in [0.05, 0.1) is 6.04 Å². The number of amides is 1. The topological polar surface area (TPSA) is 32.3 Å². The van der Waals surface area contributed by atoms with Crippen LogP contribution in [0.25, 0.3) is 0 Å². The number of hydrogen-bond donors (Lipinski definition) is 1. The summed E-state index contributed by atoms with van der Waals surface area (Å²) in [5, 5.41) is 3.49. The van der Waals surface area contributed by atoms with Gasteiger partial charge >= 0.3 is 0 Å². The number of carbonyl (C=O) groups is 1. The lowest BCUT2D eigenvalue weighted by Crippen LogP contribution is -2.49. The van der Waals surface area contributed by atoms with Gasteiger partial charge in [-0.3, -0.25) is 4.79 Å². The fraction of sp³-hybridized carbons (Fsp3) is 0.667. The molecule has 1 saturated heterocycles. The van der Waals surface area contributed by atoms with E-state index in [9.17, 15) is 4.79 Å². The first kappa shape index (κ1) is 17.4.